The Morgan fingerprint density at radius 3 is 2.81 bits per heavy atom. The van der Waals surface area contributed by atoms with Crippen LogP contribution in [0.15, 0.2) is 53.4 Å². The van der Waals surface area contributed by atoms with Gasteiger partial charge in [-0.05, 0) is 6.07 Å². The Bertz CT molecular complexity index is 1170. The van der Waals surface area contributed by atoms with Crippen molar-refractivity contribution in [3.05, 3.63) is 74.7 Å². The van der Waals surface area contributed by atoms with Gasteiger partial charge < -0.3 is 5.32 Å². The van der Waals surface area contributed by atoms with Crippen molar-refractivity contribution in [2.45, 2.75) is 0 Å². The molecule has 0 fully saturated rings. The third kappa shape index (κ3) is 2.39. The highest BCUT2D eigenvalue weighted by Gasteiger charge is 2.26. The predicted molar refractivity (Wildman–Crippen MR) is 97.2 cm³/mol. The number of aromatic amines is 1. The molecule has 0 bridgehead atoms. The van der Waals surface area contributed by atoms with Crippen LogP contribution in [0.4, 0.5) is 11.4 Å². The van der Waals surface area contributed by atoms with Gasteiger partial charge in [-0.25, -0.2) is 4.99 Å². The van der Waals surface area contributed by atoms with Crippen molar-refractivity contribution < 1.29 is 4.92 Å². The lowest BCUT2D eigenvalue weighted by Gasteiger charge is -2.12. The summed E-state index contributed by atoms with van der Waals surface area (Å²) in [4.78, 5) is 15.4. The molecule has 2 N–H and O–H groups in total. The van der Waals surface area contributed by atoms with Crippen LogP contribution >= 0.6 is 11.6 Å². The summed E-state index contributed by atoms with van der Waals surface area (Å²) in [5, 5.41) is 31.4. The third-order valence-electron chi connectivity index (χ3n) is 4.00. The molecule has 3 aromatic rings. The number of nitrogens with zero attached hydrogens (tertiary/aromatic N) is 4. The summed E-state index contributed by atoms with van der Waals surface area (Å²) in [7, 11) is 0. The molecule has 1 aromatic heterocycles. The van der Waals surface area contributed by atoms with Crippen LogP contribution in [0.25, 0.3) is 10.9 Å². The highest BCUT2D eigenvalue weighted by atomic mass is 35.5. The van der Waals surface area contributed by atoms with Gasteiger partial charge >= 0.3 is 0 Å². The van der Waals surface area contributed by atoms with Gasteiger partial charge in [0, 0.05) is 28.4 Å². The van der Waals surface area contributed by atoms with Crippen molar-refractivity contribution in [1.29, 1.82) is 5.26 Å². The Morgan fingerprint density at radius 2 is 2.08 bits per heavy atom. The van der Waals surface area contributed by atoms with Gasteiger partial charge in [0.05, 0.1) is 27.9 Å². The van der Waals surface area contributed by atoms with Gasteiger partial charge in [0.2, 0.25) is 0 Å². The summed E-state index contributed by atoms with van der Waals surface area (Å²) >= 11 is 6.31. The molecule has 0 radical (unpaired) electrons. The topological polar surface area (TPSA) is 120 Å². The average molecular weight is 365 g/mol. The van der Waals surface area contributed by atoms with Gasteiger partial charge in [0.1, 0.15) is 11.6 Å². The average Bonchev–Trinajstić information content (AvgIpc) is 3.04. The molecule has 0 aliphatic carbocycles. The van der Waals surface area contributed by atoms with Gasteiger partial charge in [-0.1, -0.05) is 29.8 Å². The number of hydrogen-bond acceptors (Lipinski definition) is 6. The van der Waals surface area contributed by atoms with Crippen molar-refractivity contribution in [3.8, 4) is 6.07 Å². The number of hydrogen-bond donors (Lipinski definition) is 2. The fourth-order valence-corrected chi connectivity index (χ4v) is 3.08. The van der Waals surface area contributed by atoms with E-state index in [2.05, 4.69) is 20.5 Å². The minimum Gasteiger partial charge on any atom is -0.358 e. The first-order valence-corrected chi connectivity index (χ1v) is 7.83. The molecule has 126 valence electrons. The van der Waals surface area contributed by atoms with Crippen LogP contribution in [-0.4, -0.2) is 20.8 Å². The largest absolute Gasteiger partial charge is 0.358 e. The molecule has 0 spiro atoms. The van der Waals surface area contributed by atoms with Crippen LogP contribution in [0.2, 0.25) is 5.02 Å². The normalized spacial score (nSPS) is 13.1. The number of nitro groups is 1. The van der Waals surface area contributed by atoms with Gasteiger partial charge in [-0.15, -0.1) is 0 Å². The number of nitriles is 1. The molecule has 0 unspecified atom stereocenters. The summed E-state index contributed by atoms with van der Waals surface area (Å²) in [6.07, 6.45) is 2.94. The molecule has 2 heterocycles. The monoisotopic (exact) mass is 364 g/mol. The van der Waals surface area contributed by atoms with Crippen molar-refractivity contribution in [1.82, 2.24) is 10.2 Å². The molecular weight excluding hydrogens is 356 g/mol. The first kappa shape index (κ1) is 15.8. The number of fused-ring (bicyclic) bond motifs is 3. The standard InChI is InChI=1S/C17H9ClN6O2/c18-13-4-2-1-3-10(13)16-11-5-14(24(25)26)17-12(8-21-23-17)15(11)20-7-9(6-19)22-16/h1-5,7-8,20H,(H,21,23). The van der Waals surface area contributed by atoms with Gasteiger partial charge in [-0.3, -0.25) is 15.2 Å². The van der Waals surface area contributed by atoms with E-state index in [1.807, 2.05) is 6.07 Å². The molecule has 0 saturated heterocycles. The van der Waals surface area contributed by atoms with Gasteiger partial charge in [-0.2, -0.15) is 10.4 Å². The SMILES string of the molecule is N#CC1=CNc2c(cc([N+](=O)[O-])c3[nH]ncc23)C(c2ccccc2Cl)=N1. The highest BCUT2D eigenvalue weighted by Crippen LogP contribution is 2.37. The van der Waals surface area contributed by atoms with E-state index in [4.69, 9.17) is 11.6 Å². The lowest BCUT2D eigenvalue weighted by molar-refractivity contribution is -0.383. The minimum absolute atomic E-state index is 0.121. The maximum atomic E-state index is 11.5. The maximum Gasteiger partial charge on any atom is 0.295 e. The zero-order valence-electron chi connectivity index (χ0n) is 13.0. The van der Waals surface area contributed by atoms with Crippen LogP contribution in [-0.2, 0) is 0 Å². The number of nitro benzene ring substituents is 1. The molecule has 4 rings (SSSR count). The van der Waals surface area contributed by atoms with E-state index >= 15 is 0 Å². The predicted octanol–water partition coefficient (Wildman–Crippen LogP) is 3.75. The summed E-state index contributed by atoms with van der Waals surface area (Å²) in [6.45, 7) is 0. The number of aliphatic imine (C=N–C) groups is 1. The second-order valence-corrected chi connectivity index (χ2v) is 5.87. The molecule has 0 saturated carbocycles. The summed E-state index contributed by atoms with van der Waals surface area (Å²) in [5.74, 6) is 0. The zero-order chi connectivity index (χ0) is 18.3. The highest BCUT2D eigenvalue weighted by molar-refractivity contribution is 6.36. The molecule has 1 aliphatic rings. The Balaban J connectivity index is 2.11. The van der Waals surface area contributed by atoms with Crippen molar-refractivity contribution >= 4 is 39.6 Å². The smallest absolute Gasteiger partial charge is 0.295 e. The minimum atomic E-state index is -0.492. The van der Waals surface area contributed by atoms with E-state index in [0.29, 0.717) is 32.9 Å². The van der Waals surface area contributed by atoms with Crippen LogP contribution < -0.4 is 5.32 Å². The van der Waals surface area contributed by atoms with Crippen LogP contribution in [0.5, 0.6) is 0 Å². The number of anilines is 1. The number of allylic oxidation sites excluding steroid dienone is 1. The Hall–Kier alpha value is -3.70. The van der Waals surface area contributed by atoms with E-state index in [0.717, 1.165) is 0 Å². The number of benzene rings is 2. The summed E-state index contributed by atoms with van der Waals surface area (Å²) < 4.78 is 0. The lowest BCUT2D eigenvalue weighted by atomic mass is 9.97. The third-order valence-corrected chi connectivity index (χ3v) is 4.33. The molecule has 8 nitrogen and oxygen atoms in total. The van der Waals surface area contributed by atoms with Gasteiger partial charge in [0.15, 0.2) is 5.70 Å². The van der Waals surface area contributed by atoms with Crippen LogP contribution in [0.3, 0.4) is 0 Å². The van der Waals surface area contributed by atoms with Crippen molar-refractivity contribution in [2.75, 3.05) is 5.32 Å². The number of non-ortho nitro benzene ring substituents is 1. The van der Waals surface area contributed by atoms with Gasteiger partial charge in [0.25, 0.3) is 5.69 Å². The van der Waals surface area contributed by atoms with E-state index in [1.54, 1.807) is 24.3 Å². The molecule has 9 heteroatoms. The fourth-order valence-electron chi connectivity index (χ4n) is 2.85. The maximum absolute atomic E-state index is 11.5. The second-order valence-electron chi connectivity index (χ2n) is 5.46. The van der Waals surface area contributed by atoms with Crippen molar-refractivity contribution in [3.63, 3.8) is 0 Å². The summed E-state index contributed by atoms with van der Waals surface area (Å²) in [6, 6.07) is 10.4. The number of aromatic nitrogens is 2. The summed E-state index contributed by atoms with van der Waals surface area (Å²) in [5.41, 5.74) is 2.22. The molecule has 0 amide bonds. The van der Waals surface area contributed by atoms with E-state index in [-0.39, 0.29) is 16.9 Å². The Kier molecular flexibility index (Phi) is 3.64. The second kappa shape index (κ2) is 5.98. The number of nitrogens with one attached hydrogen (secondary N) is 2. The molecule has 0 atom stereocenters. The molecular formula is C17H9ClN6O2. The first-order valence-electron chi connectivity index (χ1n) is 7.45. The molecule has 26 heavy (non-hydrogen) atoms. The molecule has 2 aromatic carbocycles. The Labute approximate surface area is 151 Å². The quantitative estimate of drug-likeness (QED) is 0.530. The number of H-pyrrole nitrogens is 1. The fraction of sp³-hybridized carbons (Fsp3) is 0. The van der Waals surface area contributed by atoms with E-state index < -0.39 is 4.92 Å². The number of halogens is 1. The van der Waals surface area contributed by atoms with E-state index in [1.165, 1.54) is 18.5 Å². The Morgan fingerprint density at radius 1 is 1.27 bits per heavy atom. The zero-order valence-corrected chi connectivity index (χ0v) is 13.8. The van der Waals surface area contributed by atoms with Crippen molar-refractivity contribution in [2.24, 2.45) is 4.99 Å². The van der Waals surface area contributed by atoms with Crippen LogP contribution in [0.1, 0.15) is 11.1 Å². The van der Waals surface area contributed by atoms with E-state index in [9.17, 15) is 15.4 Å². The first-order chi connectivity index (χ1) is 12.6. The number of rotatable bonds is 2. The van der Waals surface area contributed by atoms with Crippen LogP contribution in [0, 0.1) is 21.4 Å². The molecule has 1 aliphatic heterocycles. The lowest BCUT2D eigenvalue weighted by Crippen LogP contribution is -2.07.